The Bertz CT molecular complexity index is 1010. The lowest BCUT2D eigenvalue weighted by Gasteiger charge is -2.12. The summed E-state index contributed by atoms with van der Waals surface area (Å²) in [5, 5.41) is 2.87. The first-order valence-corrected chi connectivity index (χ1v) is 10.5. The van der Waals surface area contributed by atoms with E-state index in [1.807, 2.05) is 25.3 Å². The summed E-state index contributed by atoms with van der Waals surface area (Å²) in [6.07, 6.45) is 0. The molecular weight excluding hydrogens is 368 g/mol. The van der Waals surface area contributed by atoms with Crippen LogP contribution in [0.1, 0.15) is 17.5 Å². The fourth-order valence-corrected chi connectivity index (χ4v) is 4.49. The molecule has 7 heteroatoms. The van der Waals surface area contributed by atoms with Crippen LogP contribution in [-0.2, 0) is 10.0 Å². The van der Waals surface area contributed by atoms with Gasteiger partial charge in [0.15, 0.2) is 0 Å². The molecule has 0 bridgehead atoms. The van der Waals surface area contributed by atoms with Gasteiger partial charge in [-0.05, 0) is 56.7 Å². The van der Waals surface area contributed by atoms with Gasteiger partial charge in [-0.2, -0.15) is 0 Å². The van der Waals surface area contributed by atoms with Gasteiger partial charge in [0.1, 0.15) is 5.75 Å². The van der Waals surface area contributed by atoms with Crippen molar-refractivity contribution in [1.29, 1.82) is 0 Å². The van der Waals surface area contributed by atoms with E-state index in [9.17, 15) is 8.42 Å². The van der Waals surface area contributed by atoms with Gasteiger partial charge in [0, 0.05) is 16.6 Å². The first-order chi connectivity index (χ1) is 12.4. The number of thiazole rings is 1. The minimum Gasteiger partial charge on any atom is -0.494 e. The van der Waals surface area contributed by atoms with E-state index in [4.69, 9.17) is 4.74 Å². The highest BCUT2D eigenvalue weighted by molar-refractivity contribution is 7.92. The van der Waals surface area contributed by atoms with Gasteiger partial charge in [0.25, 0.3) is 10.0 Å². The normalized spacial score (nSPS) is 11.3. The lowest BCUT2D eigenvalue weighted by atomic mass is 10.1. The Labute approximate surface area is 157 Å². The van der Waals surface area contributed by atoms with Crippen molar-refractivity contribution in [3.8, 4) is 17.0 Å². The number of ether oxygens (including phenoxy) is 1. The lowest BCUT2D eigenvalue weighted by Crippen LogP contribution is -2.14. The van der Waals surface area contributed by atoms with Gasteiger partial charge < -0.3 is 4.74 Å². The summed E-state index contributed by atoms with van der Waals surface area (Å²) in [5.74, 6) is 0.701. The van der Waals surface area contributed by atoms with E-state index >= 15 is 0 Å². The number of aryl methyl sites for hydroxylation is 2. The second kappa shape index (κ2) is 7.47. The minimum absolute atomic E-state index is 0.245. The van der Waals surface area contributed by atoms with Crippen LogP contribution in [0, 0.1) is 13.8 Å². The van der Waals surface area contributed by atoms with Crippen LogP contribution >= 0.6 is 11.3 Å². The minimum atomic E-state index is -3.71. The fourth-order valence-electron chi connectivity index (χ4n) is 2.54. The molecule has 3 aromatic rings. The monoisotopic (exact) mass is 388 g/mol. The largest absolute Gasteiger partial charge is 0.494 e. The quantitative estimate of drug-likeness (QED) is 0.669. The third-order valence-electron chi connectivity index (χ3n) is 3.81. The van der Waals surface area contributed by atoms with Gasteiger partial charge in [-0.15, -0.1) is 11.3 Å². The average Bonchev–Trinajstić information content (AvgIpc) is 3.03. The summed E-state index contributed by atoms with van der Waals surface area (Å²) < 4.78 is 33.7. The molecule has 0 fully saturated rings. The Hall–Kier alpha value is -2.38. The molecule has 0 aliphatic rings. The number of sulfonamides is 1. The molecule has 0 saturated carbocycles. The number of rotatable bonds is 6. The van der Waals surface area contributed by atoms with Gasteiger partial charge in [-0.25, -0.2) is 13.4 Å². The maximum absolute atomic E-state index is 12.9. The molecule has 0 saturated heterocycles. The second-order valence-electron chi connectivity index (χ2n) is 5.79. The third kappa shape index (κ3) is 4.05. The highest BCUT2D eigenvalue weighted by atomic mass is 32.2. The zero-order chi connectivity index (χ0) is 18.7. The molecule has 1 N–H and O–H groups in total. The molecule has 0 radical (unpaired) electrons. The van der Waals surface area contributed by atoms with Crippen molar-refractivity contribution in [3.05, 3.63) is 58.4 Å². The summed E-state index contributed by atoms with van der Waals surface area (Å²) in [6.45, 7) is 6.17. The highest BCUT2D eigenvalue weighted by Crippen LogP contribution is 2.27. The highest BCUT2D eigenvalue weighted by Gasteiger charge is 2.18. The smallest absolute Gasteiger partial charge is 0.262 e. The van der Waals surface area contributed by atoms with Crippen LogP contribution in [0.15, 0.2) is 52.7 Å². The van der Waals surface area contributed by atoms with Gasteiger partial charge in [-0.3, -0.25) is 4.72 Å². The van der Waals surface area contributed by atoms with Crippen LogP contribution in [0.3, 0.4) is 0 Å². The standard InChI is InChI=1S/C19H20N2O3S2/c1-4-24-17-9-7-16(8-10-17)21-26(22,23)19-11-15(6-5-13(19)2)18-12-25-14(3)20-18/h5-12,21H,4H2,1-3H3. The Kier molecular flexibility index (Phi) is 5.29. The number of benzene rings is 2. The van der Waals surface area contributed by atoms with Crippen molar-refractivity contribution in [3.63, 3.8) is 0 Å². The van der Waals surface area contributed by atoms with Crippen molar-refractivity contribution in [2.75, 3.05) is 11.3 Å². The SMILES string of the molecule is CCOc1ccc(NS(=O)(=O)c2cc(-c3csc(C)n3)ccc2C)cc1. The summed E-state index contributed by atoms with van der Waals surface area (Å²) in [5.41, 5.74) is 2.74. The molecule has 136 valence electrons. The fraction of sp³-hybridized carbons (Fsp3) is 0.211. The Balaban J connectivity index is 1.91. The lowest BCUT2D eigenvalue weighted by molar-refractivity contribution is 0.340. The van der Waals surface area contributed by atoms with E-state index in [1.54, 1.807) is 43.3 Å². The summed E-state index contributed by atoms with van der Waals surface area (Å²) >= 11 is 1.54. The molecule has 0 atom stereocenters. The molecule has 0 aliphatic heterocycles. The third-order valence-corrected chi connectivity index (χ3v) is 6.11. The number of hydrogen-bond donors (Lipinski definition) is 1. The second-order valence-corrected chi connectivity index (χ2v) is 8.51. The molecule has 1 heterocycles. The summed E-state index contributed by atoms with van der Waals surface area (Å²) in [6, 6.07) is 12.2. The molecule has 0 spiro atoms. The van der Waals surface area contributed by atoms with E-state index in [2.05, 4.69) is 9.71 Å². The van der Waals surface area contributed by atoms with Gasteiger partial charge in [0.05, 0.1) is 22.2 Å². The molecule has 0 amide bonds. The number of nitrogens with one attached hydrogen (secondary N) is 1. The van der Waals surface area contributed by atoms with Crippen LogP contribution in [0.4, 0.5) is 5.69 Å². The van der Waals surface area contributed by atoms with Crippen molar-refractivity contribution >= 4 is 27.0 Å². The van der Waals surface area contributed by atoms with Gasteiger partial charge >= 0.3 is 0 Å². The Morgan fingerprint density at radius 2 is 1.85 bits per heavy atom. The summed E-state index contributed by atoms with van der Waals surface area (Å²) in [7, 11) is -3.71. The van der Waals surface area contributed by atoms with E-state index in [1.165, 1.54) is 11.3 Å². The van der Waals surface area contributed by atoms with Gasteiger partial charge in [0.2, 0.25) is 0 Å². The Morgan fingerprint density at radius 1 is 1.12 bits per heavy atom. The van der Waals surface area contributed by atoms with Crippen molar-refractivity contribution in [2.45, 2.75) is 25.7 Å². The Morgan fingerprint density at radius 3 is 2.46 bits per heavy atom. The van der Waals surface area contributed by atoms with E-state index < -0.39 is 10.0 Å². The number of hydrogen-bond acceptors (Lipinski definition) is 5. The zero-order valence-corrected chi connectivity index (χ0v) is 16.4. The molecule has 3 rings (SSSR count). The predicted octanol–water partition coefficient (Wildman–Crippen LogP) is 4.63. The van der Waals surface area contributed by atoms with E-state index in [0.29, 0.717) is 23.6 Å². The molecule has 0 aliphatic carbocycles. The molecule has 26 heavy (non-hydrogen) atoms. The molecule has 0 unspecified atom stereocenters. The first-order valence-electron chi connectivity index (χ1n) is 8.18. The number of nitrogens with zero attached hydrogens (tertiary/aromatic N) is 1. The maximum atomic E-state index is 12.9. The van der Waals surface area contributed by atoms with Crippen LogP contribution < -0.4 is 9.46 Å². The molecule has 5 nitrogen and oxygen atoms in total. The van der Waals surface area contributed by atoms with Crippen molar-refractivity contribution in [1.82, 2.24) is 4.98 Å². The predicted molar refractivity (Wildman–Crippen MR) is 105 cm³/mol. The number of anilines is 1. The average molecular weight is 389 g/mol. The van der Waals surface area contributed by atoms with Crippen LogP contribution in [0.5, 0.6) is 5.75 Å². The molecule has 2 aromatic carbocycles. The molecule has 1 aromatic heterocycles. The van der Waals surface area contributed by atoms with Crippen LogP contribution in [0.25, 0.3) is 11.3 Å². The van der Waals surface area contributed by atoms with Crippen molar-refractivity contribution < 1.29 is 13.2 Å². The van der Waals surface area contributed by atoms with E-state index in [-0.39, 0.29) is 4.90 Å². The van der Waals surface area contributed by atoms with Gasteiger partial charge in [-0.1, -0.05) is 12.1 Å². The van der Waals surface area contributed by atoms with Crippen LogP contribution in [0.2, 0.25) is 0 Å². The molecular formula is C19H20N2O3S2. The number of aromatic nitrogens is 1. The first kappa shape index (κ1) is 18.4. The van der Waals surface area contributed by atoms with Crippen LogP contribution in [-0.4, -0.2) is 20.0 Å². The maximum Gasteiger partial charge on any atom is 0.262 e. The summed E-state index contributed by atoms with van der Waals surface area (Å²) in [4.78, 5) is 4.68. The van der Waals surface area contributed by atoms with Crippen molar-refractivity contribution in [2.24, 2.45) is 0 Å². The zero-order valence-electron chi connectivity index (χ0n) is 14.8. The van der Waals surface area contributed by atoms with E-state index in [0.717, 1.165) is 16.3 Å². The topological polar surface area (TPSA) is 68.3 Å².